The molecule has 2 unspecified atom stereocenters. The van der Waals surface area contributed by atoms with Gasteiger partial charge in [0, 0.05) is 20.8 Å². The Morgan fingerprint density at radius 1 is 0.833 bits per heavy atom. The lowest BCUT2D eigenvalue weighted by Crippen LogP contribution is -2.66. The number of β-lactam (4-membered cyclic amide) rings is 1. The zero-order valence-electron chi connectivity index (χ0n) is 15.4. The van der Waals surface area contributed by atoms with Crippen LogP contribution in [0.1, 0.15) is 5.56 Å². The highest BCUT2D eigenvalue weighted by Crippen LogP contribution is 2.37. The summed E-state index contributed by atoms with van der Waals surface area (Å²) in [5, 5.41) is 1.72. The molecule has 4 rings (SSSR count). The number of carbonyl (C=O) groups excluding carboxylic acids is 1. The maximum atomic E-state index is 13.0. The number of benzene rings is 3. The van der Waals surface area contributed by atoms with E-state index in [0.717, 1.165) is 5.56 Å². The van der Waals surface area contributed by atoms with E-state index in [1.807, 2.05) is 42.5 Å². The average molecular weight is 479 g/mol. The molecule has 3 nitrogen and oxygen atoms in total. The molecule has 1 fully saturated rings. The van der Waals surface area contributed by atoms with Gasteiger partial charge in [-0.25, -0.2) is 0 Å². The number of nitrogens with zero attached hydrogens (tertiary/aromatic N) is 1. The predicted octanol–water partition coefficient (Wildman–Crippen LogP) is 7.18. The maximum absolute atomic E-state index is 13.0. The Labute approximate surface area is 194 Å². The molecule has 0 radical (unpaired) electrons. The summed E-state index contributed by atoms with van der Waals surface area (Å²) in [4.78, 5) is 14.6. The zero-order valence-corrected chi connectivity index (χ0v) is 18.5. The first-order valence-electron chi connectivity index (χ1n) is 9.06. The number of ether oxygens (including phenoxy) is 1. The SMILES string of the molecule is O=C1C(Oc2ccc(Cl)cc2Cl)C(/C=C/c2ccccc2)N1c1cc(Cl)cc(Cl)c1. The van der Waals surface area contributed by atoms with Gasteiger partial charge in [0.05, 0.1) is 5.02 Å². The summed E-state index contributed by atoms with van der Waals surface area (Å²) >= 11 is 24.5. The van der Waals surface area contributed by atoms with Crippen molar-refractivity contribution < 1.29 is 9.53 Å². The van der Waals surface area contributed by atoms with Gasteiger partial charge in [0.15, 0.2) is 0 Å². The smallest absolute Gasteiger partial charge is 0.271 e. The standard InChI is InChI=1S/C23H15Cl4NO2/c24-15-7-9-21(19(27)13-15)30-22-20(8-6-14-4-2-1-3-5-14)28(23(22)29)18-11-16(25)10-17(26)12-18/h1-13,20,22H/b8-6+. The van der Waals surface area contributed by atoms with Crippen LogP contribution in [-0.4, -0.2) is 18.1 Å². The summed E-state index contributed by atoms with van der Waals surface area (Å²) < 4.78 is 5.96. The highest BCUT2D eigenvalue weighted by molar-refractivity contribution is 6.36. The minimum atomic E-state index is -0.749. The topological polar surface area (TPSA) is 29.5 Å². The molecule has 1 aliphatic heterocycles. The second kappa shape index (κ2) is 8.91. The summed E-state index contributed by atoms with van der Waals surface area (Å²) in [7, 11) is 0. The van der Waals surface area contributed by atoms with Crippen molar-refractivity contribution in [2.45, 2.75) is 12.1 Å². The van der Waals surface area contributed by atoms with Crippen LogP contribution in [0.2, 0.25) is 20.1 Å². The summed E-state index contributed by atoms with van der Waals surface area (Å²) in [6.07, 6.45) is 3.11. The molecule has 1 heterocycles. The quantitative estimate of drug-likeness (QED) is 0.363. The number of carbonyl (C=O) groups is 1. The molecule has 0 N–H and O–H groups in total. The van der Waals surface area contributed by atoms with Gasteiger partial charge in [-0.2, -0.15) is 0 Å². The van der Waals surface area contributed by atoms with E-state index in [0.29, 0.717) is 31.5 Å². The largest absolute Gasteiger partial charge is 0.476 e. The normalized spacial score (nSPS) is 18.5. The average Bonchev–Trinajstić information content (AvgIpc) is 2.70. The fourth-order valence-electron chi connectivity index (χ4n) is 3.25. The molecule has 152 valence electrons. The summed E-state index contributed by atoms with van der Waals surface area (Å²) in [6.45, 7) is 0. The Hall–Kier alpha value is -2.17. The van der Waals surface area contributed by atoms with E-state index in [-0.39, 0.29) is 11.9 Å². The van der Waals surface area contributed by atoms with E-state index in [9.17, 15) is 4.79 Å². The van der Waals surface area contributed by atoms with Crippen LogP contribution < -0.4 is 9.64 Å². The molecule has 3 aromatic carbocycles. The highest BCUT2D eigenvalue weighted by atomic mass is 35.5. The zero-order chi connectivity index (χ0) is 21.3. The molecule has 1 saturated heterocycles. The molecule has 1 aliphatic rings. The summed E-state index contributed by atoms with van der Waals surface area (Å²) in [6, 6.07) is 19.3. The van der Waals surface area contributed by atoms with Gasteiger partial charge in [-0.15, -0.1) is 0 Å². The number of rotatable bonds is 5. The first-order valence-corrected chi connectivity index (χ1v) is 10.6. The molecule has 1 amide bonds. The Kier molecular flexibility index (Phi) is 6.26. The van der Waals surface area contributed by atoms with E-state index in [2.05, 4.69) is 0 Å². The third-order valence-corrected chi connectivity index (χ3v) is 5.61. The molecule has 2 atom stereocenters. The fraction of sp³-hybridized carbons (Fsp3) is 0.0870. The molecule has 7 heteroatoms. The van der Waals surface area contributed by atoms with Gasteiger partial charge in [-0.1, -0.05) is 88.9 Å². The third kappa shape index (κ3) is 4.45. The second-order valence-corrected chi connectivity index (χ2v) is 8.43. The van der Waals surface area contributed by atoms with Crippen LogP contribution in [0, 0.1) is 0 Å². The molecule has 0 aromatic heterocycles. The summed E-state index contributed by atoms with van der Waals surface area (Å²) in [5.74, 6) is 0.170. The first-order chi connectivity index (χ1) is 14.4. The highest BCUT2D eigenvalue weighted by Gasteiger charge is 2.49. The van der Waals surface area contributed by atoms with Crippen molar-refractivity contribution in [3.63, 3.8) is 0 Å². The first kappa shape index (κ1) is 21.1. The van der Waals surface area contributed by atoms with Crippen molar-refractivity contribution >= 4 is 64.1 Å². The second-order valence-electron chi connectivity index (χ2n) is 6.71. The van der Waals surface area contributed by atoms with Crippen LogP contribution in [0.15, 0.2) is 72.8 Å². The van der Waals surface area contributed by atoms with E-state index in [1.54, 1.807) is 41.3 Å². The molecular weight excluding hydrogens is 464 g/mol. The lowest BCUT2D eigenvalue weighted by atomic mass is 9.95. The van der Waals surface area contributed by atoms with Crippen LogP contribution >= 0.6 is 46.4 Å². The molecule has 3 aromatic rings. The van der Waals surface area contributed by atoms with Gasteiger partial charge >= 0.3 is 0 Å². The van der Waals surface area contributed by atoms with Crippen molar-refractivity contribution in [2.24, 2.45) is 0 Å². The van der Waals surface area contributed by atoms with Crippen molar-refractivity contribution in [3.8, 4) is 5.75 Å². The van der Waals surface area contributed by atoms with Crippen molar-refractivity contribution in [1.82, 2.24) is 0 Å². The molecule has 0 aliphatic carbocycles. The fourth-order valence-corrected chi connectivity index (χ4v) is 4.22. The van der Waals surface area contributed by atoms with Crippen molar-refractivity contribution in [1.29, 1.82) is 0 Å². The molecular formula is C23H15Cl4NO2. The third-order valence-electron chi connectivity index (χ3n) is 4.65. The predicted molar refractivity (Wildman–Crippen MR) is 124 cm³/mol. The molecule has 0 spiro atoms. The van der Waals surface area contributed by atoms with E-state index in [4.69, 9.17) is 51.1 Å². The number of anilines is 1. The van der Waals surface area contributed by atoms with Crippen LogP contribution in [0.4, 0.5) is 5.69 Å². The summed E-state index contributed by atoms with van der Waals surface area (Å²) in [5.41, 5.74) is 1.60. The van der Waals surface area contributed by atoms with Crippen molar-refractivity contribution in [2.75, 3.05) is 4.90 Å². The Bertz CT molecular complexity index is 1100. The Morgan fingerprint density at radius 3 is 2.20 bits per heavy atom. The minimum Gasteiger partial charge on any atom is -0.476 e. The van der Waals surface area contributed by atoms with Gasteiger partial charge in [0.1, 0.15) is 11.8 Å². The monoisotopic (exact) mass is 477 g/mol. The Balaban J connectivity index is 1.66. The van der Waals surface area contributed by atoms with Crippen LogP contribution in [-0.2, 0) is 4.79 Å². The van der Waals surface area contributed by atoms with Gasteiger partial charge in [-0.05, 0) is 42.0 Å². The number of amides is 1. The molecule has 30 heavy (non-hydrogen) atoms. The van der Waals surface area contributed by atoms with Gasteiger partial charge in [0.2, 0.25) is 6.10 Å². The minimum absolute atomic E-state index is 0.220. The lowest BCUT2D eigenvalue weighted by Gasteiger charge is -2.45. The van der Waals surface area contributed by atoms with Gasteiger partial charge < -0.3 is 4.74 Å². The van der Waals surface area contributed by atoms with E-state index >= 15 is 0 Å². The van der Waals surface area contributed by atoms with Gasteiger partial charge in [0.25, 0.3) is 5.91 Å². The van der Waals surface area contributed by atoms with Crippen molar-refractivity contribution in [3.05, 3.63) is 98.5 Å². The van der Waals surface area contributed by atoms with Gasteiger partial charge in [-0.3, -0.25) is 9.69 Å². The molecule has 0 bridgehead atoms. The maximum Gasteiger partial charge on any atom is 0.271 e. The number of hydrogen-bond acceptors (Lipinski definition) is 2. The van der Waals surface area contributed by atoms with Crippen LogP contribution in [0.5, 0.6) is 5.75 Å². The lowest BCUT2D eigenvalue weighted by molar-refractivity contribution is -0.133. The molecule has 0 saturated carbocycles. The van der Waals surface area contributed by atoms with Crippen LogP contribution in [0.25, 0.3) is 6.08 Å². The Morgan fingerprint density at radius 2 is 1.53 bits per heavy atom. The number of hydrogen-bond donors (Lipinski definition) is 0. The van der Waals surface area contributed by atoms with E-state index in [1.165, 1.54) is 0 Å². The van der Waals surface area contributed by atoms with E-state index < -0.39 is 6.10 Å². The van der Waals surface area contributed by atoms with Crippen LogP contribution in [0.3, 0.4) is 0 Å². The number of halogens is 4.